The van der Waals surface area contributed by atoms with E-state index in [0.717, 1.165) is 25.9 Å². The Morgan fingerprint density at radius 3 is 2.37 bits per heavy atom. The molecule has 1 aliphatic rings. The Morgan fingerprint density at radius 1 is 1.04 bits per heavy atom. The molecule has 0 bridgehead atoms. The van der Waals surface area contributed by atoms with Crippen LogP contribution in [0.15, 0.2) is 48.5 Å². The van der Waals surface area contributed by atoms with Crippen molar-refractivity contribution in [3.8, 4) is 5.75 Å². The smallest absolute Gasteiger partial charge is 0.321 e. The molecular formula is C20H23N3O4. The van der Waals surface area contributed by atoms with Crippen molar-refractivity contribution in [1.82, 2.24) is 4.90 Å². The number of para-hydroxylation sites is 2. The third-order valence-electron chi connectivity index (χ3n) is 4.48. The maximum absolute atomic E-state index is 12.5. The molecule has 7 heteroatoms. The zero-order valence-corrected chi connectivity index (χ0v) is 15.1. The molecule has 0 radical (unpaired) electrons. The number of ether oxygens (including phenoxy) is 1. The minimum Gasteiger partial charge on any atom is -0.497 e. The average Bonchev–Trinajstić information content (AvgIpc) is 3.24. The Bertz CT molecular complexity index is 818. The van der Waals surface area contributed by atoms with Crippen molar-refractivity contribution in [3.63, 3.8) is 0 Å². The van der Waals surface area contributed by atoms with Gasteiger partial charge in [-0.15, -0.1) is 0 Å². The lowest BCUT2D eigenvalue weighted by molar-refractivity contribution is -0.124. The zero-order valence-electron chi connectivity index (χ0n) is 15.1. The van der Waals surface area contributed by atoms with Crippen LogP contribution in [0.1, 0.15) is 24.5 Å². The molecular weight excluding hydrogens is 346 g/mol. The molecule has 1 unspecified atom stereocenters. The summed E-state index contributed by atoms with van der Waals surface area (Å²) < 4.78 is 5.12. The topological polar surface area (TPSA) is 90.9 Å². The Morgan fingerprint density at radius 2 is 1.70 bits per heavy atom. The second-order valence-electron chi connectivity index (χ2n) is 6.34. The van der Waals surface area contributed by atoms with Crippen LogP contribution < -0.4 is 15.4 Å². The Balaban J connectivity index is 1.71. The van der Waals surface area contributed by atoms with Gasteiger partial charge in [-0.2, -0.15) is 0 Å². The summed E-state index contributed by atoms with van der Waals surface area (Å²) in [6.07, 6.45) is 0.638. The second-order valence-corrected chi connectivity index (χ2v) is 6.34. The van der Waals surface area contributed by atoms with E-state index in [1.165, 1.54) is 7.11 Å². The molecule has 1 saturated heterocycles. The van der Waals surface area contributed by atoms with Gasteiger partial charge < -0.3 is 25.4 Å². The van der Waals surface area contributed by atoms with Crippen LogP contribution in [0.3, 0.4) is 0 Å². The van der Waals surface area contributed by atoms with Crippen LogP contribution in [-0.2, 0) is 4.79 Å². The summed E-state index contributed by atoms with van der Waals surface area (Å²) >= 11 is 0. The second kappa shape index (κ2) is 8.55. The molecule has 7 nitrogen and oxygen atoms in total. The lowest BCUT2D eigenvalue weighted by Crippen LogP contribution is -2.32. The molecule has 1 atom stereocenters. The molecule has 0 saturated carbocycles. The number of carbonyl (C=O) groups excluding carboxylic acids is 2. The van der Waals surface area contributed by atoms with Crippen LogP contribution >= 0.6 is 0 Å². The zero-order chi connectivity index (χ0) is 19.2. The minimum absolute atomic E-state index is 0.192. The van der Waals surface area contributed by atoms with Gasteiger partial charge in [0.1, 0.15) is 5.75 Å². The normalized spacial score (nSPS) is 14.5. The van der Waals surface area contributed by atoms with Crippen molar-refractivity contribution in [2.24, 2.45) is 0 Å². The first-order valence-corrected chi connectivity index (χ1v) is 8.86. The molecule has 0 aromatic heterocycles. The highest BCUT2D eigenvalue weighted by Crippen LogP contribution is 2.25. The number of urea groups is 1. The number of aliphatic hydroxyl groups excluding tert-OH is 1. The molecule has 0 aliphatic carbocycles. The summed E-state index contributed by atoms with van der Waals surface area (Å²) in [7, 11) is 1.52. The van der Waals surface area contributed by atoms with Gasteiger partial charge >= 0.3 is 6.03 Å². The van der Waals surface area contributed by atoms with Crippen LogP contribution in [0.5, 0.6) is 5.75 Å². The molecule has 142 valence electrons. The summed E-state index contributed by atoms with van der Waals surface area (Å²) in [5.74, 6) is -0.0382. The fraction of sp³-hybridized carbons (Fsp3) is 0.300. The van der Waals surface area contributed by atoms with Crippen LogP contribution in [0.25, 0.3) is 0 Å². The summed E-state index contributed by atoms with van der Waals surface area (Å²) in [4.78, 5) is 26.5. The highest BCUT2D eigenvalue weighted by Gasteiger charge is 2.21. The van der Waals surface area contributed by atoms with E-state index in [1.807, 2.05) is 0 Å². The van der Waals surface area contributed by atoms with E-state index in [2.05, 4.69) is 10.6 Å². The van der Waals surface area contributed by atoms with Crippen molar-refractivity contribution in [2.75, 3.05) is 30.8 Å². The number of hydrogen-bond donors (Lipinski definition) is 3. The molecule has 1 aliphatic heterocycles. The number of anilines is 2. The Hall–Kier alpha value is -3.06. The number of aliphatic hydroxyl groups is 1. The summed E-state index contributed by atoms with van der Waals surface area (Å²) in [5.41, 5.74) is 1.34. The SMILES string of the molecule is COc1cccc(C(O)C(=O)Nc2ccccc2NC(=O)N2CCCC2)c1. The van der Waals surface area contributed by atoms with Crippen molar-refractivity contribution in [1.29, 1.82) is 0 Å². The monoisotopic (exact) mass is 369 g/mol. The molecule has 3 amide bonds. The minimum atomic E-state index is -1.36. The number of likely N-dealkylation sites (tertiary alicyclic amines) is 1. The summed E-state index contributed by atoms with van der Waals surface area (Å²) in [6.45, 7) is 1.46. The van der Waals surface area contributed by atoms with E-state index >= 15 is 0 Å². The highest BCUT2D eigenvalue weighted by atomic mass is 16.5. The van der Waals surface area contributed by atoms with E-state index < -0.39 is 12.0 Å². The van der Waals surface area contributed by atoms with Gasteiger partial charge in [0, 0.05) is 13.1 Å². The maximum Gasteiger partial charge on any atom is 0.321 e. The number of carbonyl (C=O) groups is 2. The number of hydrogen-bond acceptors (Lipinski definition) is 4. The molecule has 3 N–H and O–H groups in total. The maximum atomic E-state index is 12.5. The van der Waals surface area contributed by atoms with Crippen molar-refractivity contribution in [3.05, 3.63) is 54.1 Å². The van der Waals surface area contributed by atoms with Gasteiger partial charge in [0.25, 0.3) is 5.91 Å². The van der Waals surface area contributed by atoms with E-state index in [1.54, 1.807) is 53.4 Å². The lowest BCUT2D eigenvalue weighted by atomic mass is 10.1. The van der Waals surface area contributed by atoms with Crippen molar-refractivity contribution >= 4 is 23.3 Å². The van der Waals surface area contributed by atoms with Gasteiger partial charge in [0.05, 0.1) is 18.5 Å². The molecule has 1 fully saturated rings. The third kappa shape index (κ3) is 4.57. The number of nitrogens with zero attached hydrogens (tertiary/aromatic N) is 1. The standard InChI is InChI=1S/C20H23N3O4/c1-27-15-8-6-7-14(13-15)18(24)19(25)21-16-9-2-3-10-17(16)22-20(26)23-11-4-5-12-23/h2-3,6-10,13,18,24H,4-5,11-12H2,1H3,(H,21,25)(H,22,26). The predicted octanol–water partition coefficient (Wildman–Crippen LogP) is 3.00. The van der Waals surface area contributed by atoms with E-state index in [4.69, 9.17) is 4.74 Å². The fourth-order valence-corrected chi connectivity index (χ4v) is 2.98. The Kier molecular flexibility index (Phi) is 5.93. The molecule has 1 heterocycles. The van der Waals surface area contributed by atoms with Gasteiger partial charge in [0.15, 0.2) is 6.10 Å². The number of amides is 3. The van der Waals surface area contributed by atoms with E-state index in [0.29, 0.717) is 22.7 Å². The first-order valence-electron chi connectivity index (χ1n) is 8.86. The lowest BCUT2D eigenvalue weighted by Gasteiger charge is -2.19. The average molecular weight is 369 g/mol. The van der Waals surface area contributed by atoms with Gasteiger partial charge in [-0.05, 0) is 42.7 Å². The van der Waals surface area contributed by atoms with Crippen LogP contribution in [-0.4, -0.2) is 42.1 Å². The summed E-state index contributed by atoms with van der Waals surface area (Å²) in [5, 5.41) is 15.9. The quantitative estimate of drug-likeness (QED) is 0.756. The fourth-order valence-electron chi connectivity index (χ4n) is 2.98. The number of benzene rings is 2. The summed E-state index contributed by atoms with van der Waals surface area (Å²) in [6, 6.07) is 13.4. The van der Waals surface area contributed by atoms with Crippen LogP contribution in [0.2, 0.25) is 0 Å². The van der Waals surface area contributed by atoms with Crippen molar-refractivity contribution in [2.45, 2.75) is 18.9 Å². The first-order chi connectivity index (χ1) is 13.1. The molecule has 0 spiro atoms. The van der Waals surface area contributed by atoms with Gasteiger partial charge in [-0.3, -0.25) is 4.79 Å². The Labute approximate surface area is 157 Å². The largest absolute Gasteiger partial charge is 0.497 e. The van der Waals surface area contributed by atoms with Gasteiger partial charge in [0.2, 0.25) is 0 Å². The molecule has 2 aromatic carbocycles. The van der Waals surface area contributed by atoms with Gasteiger partial charge in [-0.1, -0.05) is 24.3 Å². The first kappa shape index (κ1) is 18.7. The number of rotatable bonds is 5. The number of nitrogens with one attached hydrogen (secondary N) is 2. The third-order valence-corrected chi connectivity index (χ3v) is 4.48. The molecule has 2 aromatic rings. The predicted molar refractivity (Wildman–Crippen MR) is 103 cm³/mol. The van der Waals surface area contributed by atoms with E-state index in [-0.39, 0.29) is 6.03 Å². The van der Waals surface area contributed by atoms with E-state index in [9.17, 15) is 14.7 Å². The van der Waals surface area contributed by atoms with Gasteiger partial charge in [-0.25, -0.2) is 4.79 Å². The van der Waals surface area contributed by atoms with Crippen molar-refractivity contribution < 1.29 is 19.4 Å². The van der Waals surface area contributed by atoms with Crippen LogP contribution in [0, 0.1) is 0 Å². The highest BCUT2D eigenvalue weighted by molar-refractivity contribution is 6.00. The molecule has 27 heavy (non-hydrogen) atoms. The number of methoxy groups -OCH3 is 1. The molecule has 3 rings (SSSR count). The van der Waals surface area contributed by atoms with Crippen LogP contribution in [0.4, 0.5) is 16.2 Å².